The van der Waals surface area contributed by atoms with Crippen molar-refractivity contribution in [1.29, 1.82) is 0 Å². The Bertz CT molecular complexity index is 1610. The van der Waals surface area contributed by atoms with Crippen molar-refractivity contribution in [2.75, 3.05) is 5.32 Å². The molecule has 0 aliphatic heterocycles. The molecule has 6 heteroatoms. The van der Waals surface area contributed by atoms with Crippen LogP contribution < -0.4 is 15.5 Å². The molecule has 0 saturated heterocycles. The molecule has 0 saturated carbocycles. The van der Waals surface area contributed by atoms with Crippen molar-refractivity contribution in [3.05, 3.63) is 106 Å². The Morgan fingerprint density at radius 2 is 1.63 bits per heavy atom. The minimum atomic E-state index is -0.325. The number of anilines is 2. The van der Waals surface area contributed by atoms with Crippen molar-refractivity contribution in [2.24, 2.45) is 0 Å². The van der Waals surface area contributed by atoms with Crippen LogP contribution in [0.1, 0.15) is 16.8 Å². The van der Waals surface area contributed by atoms with Gasteiger partial charge in [0.2, 0.25) is 0 Å². The summed E-state index contributed by atoms with van der Waals surface area (Å²) in [4.78, 5) is 17.2. The summed E-state index contributed by atoms with van der Waals surface area (Å²) in [5.41, 5.74) is 4.77. The zero-order valence-electron chi connectivity index (χ0n) is 19.6. The Labute approximate surface area is 202 Å². The van der Waals surface area contributed by atoms with Crippen molar-refractivity contribution in [2.45, 2.75) is 20.8 Å². The highest BCUT2D eigenvalue weighted by atomic mass is 16.5. The average Bonchev–Trinajstić information content (AvgIpc) is 2.81. The maximum Gasteiger partial charge on any atom is 0.197 e. The maximum atomic E-state index is 12.7. The molecule has 2 aromatic heterocycles. The fraction of sp³-hybridized carbons (Fsp3) is 0.103. The van der Waals surface area contributed by atoms with Gasteiger partial charge in [-0.15, -0.1) is 0 Å². The molecule has 5 rings (SSSR count). The lowest BCUT2D eigenvalue weighted by molar-refractivity contribution is 0.457. The second-order valence-electron chi connectivity index (χ2n) is 8.51. The molecule has 0 bridgehead atoms. The summed E-state index contributed by atoms with van der Waals surface area (Å²) in [5.74, 6) is 1.71. The van der Waals surface area contributed by atoms with Crippen LogP contribution >= 0.6 is 0 Å². The summed E-state index contributed by atoms with van der Waals surface area (Å²) >= 11 is 0. The van der Waals surface area contributed by atoms with E-state index >= 15 is 0 Å². The Hall–Kier alpha value is -4.58. The van der Waals surface area contributed by atoms with Crippen LogP contribution in [0.3, 0.4) is 0 Å². The number of nitrogens with zero attached hydrogens (tertiary/aromatic N) is 1. The monoisotopic (exact) mass is 464 g/mol. The van der Waals surface area contributed by atoms with E-state index in [1.54, 1.807) is 18.2 Å². The lowest BCUT2D eigenvalue weighted by Gasteiger charge is -2.12. The van der Waals surface area contributed by atoms with E-state index in [0.29, 0.717) is 23.1 Å². The molecule has 0 fully saturated rings. The number of aromatic hydroxyl groups is 1. The number of pyridine rings is 1. The standard InChI is InChI=1S/C29H24N2O4/c1-17-9-10-21(11-18(17)2)31-28-15-22(12-19(3)30-28)34-23-13-24(32)29-25(33)16-26(35-27(29)14-23)20-7-5-4-6-8-20/h4-16,32H,1-3H3,(H,30,31). The number of benzene rings is 3. The third-order valence-corrected chi connectivity index (χ3v) is 5.78. The predicted molar refractivity (Wildman–Crippen MR) is 138 cm³/mol. The number of fused-ring (bicyclic) bond motifs is 1. The number of nitrogens with one attached hydrogen (secondary N) is 1. The van der Waals surface area contributed by atoms with Crippen molar-refractivity contribution in [3.8, 4) is 28.6 Å². The van der Waals surface area contributed by atoms with Gasteiger partial charge in [-0.25, -0.2) is 4.98 Å². The lowest BCUT2D eigenvalue weighted by atomic mass is 10.1. The number of ether oxygens (including phenoxy) is 1. The zero-order valence-corrected chi connectivity index (χ0v) is 19.6. The van der Waals surface area contributed by atoms with E-state index in [1.165, 1.54) is 23.3 Å². The molecule has 0 radical (unpaired) electrons. The van der Waals surface area contributed by atoms with Crippen LogP contribution in [0.25, 0.3) is 22.3 Å². The van der Waals surface area contributed by atoms with Crippen molar-refractivity contribution in [1.82, 2.24) is 4.98 Å². The third kappa shape index (κ3) is 4.73. The minimum absolute atomic E-state index is 0.111. The first-order chi connectivity index (χ1) is 16.9. The Kier molecular flexibility index (Phi) is 5.71. The van der Waals surface area contributed by atoms with Crippen molar-refractivity contribution >= 4 is 22.5 Å². The van der Waals surface area contributed by atoms with Crippen LogP contribution in [-0.2, 0) is 0 Å². The normalized spacial score (nSPS) is 10.9. The number of phenols is 1. The Morgan fingerprint density at radius 1 is 0.857 bits per heavy atom. The van der Waals surface area contributed by atoms with Crippen LogP contribution in [0.4, 0.5) is 11.5 Å². The number of aryl methyl sites for hydroxylation is 3. The number of phenolic OH excluding ortho intramolecular Hbond substituents is 1. The molecule has 6 nitrogen and oxygen atoms in total. The number of hydrogen-bond acceptors (Lipinski definition) is 6. The third-order valence-electron chi connectivity index (χ3n) is 5.78. The van der Waals surface area contributed by atoms with E-state index < -0.39 is 0 Å². The SMILES string of the molecule is Cc1cc(Oc2cc(O)c3c(=O)cc(-c4ccccc4)oc3c2)cc(Nc2ccc(C)c(C)c2)n1. The van der Waals surface area contributed by atoms with Crippen LogP contribution in [-0.4, -0.2) is 10.1 Å². The van der Waals surface area contributed by atoms with E-state index in [9.17, 15) is 9.90 Å². The topological polar surface area (TPSA) is 84.6 Å². The molecule has 0 aliphatic rings. The van der Waals surface area contributed by atoms with Crippen LogP contribution in [0.5, 0.6) is 17.2 Å². The fourth-order valence-electron chi connectivity index (χ4n) is 3.91. The minimum Gasteiger partial charge on any atom is -0.507 e. The fourth-order valence-corrected chi connectivity index (χ4v) is 3.91. The summed E-state index contributed by atoms with van der Waals surface area (Å²) in [5, 5.41) is 14.0. The molecular weight excluding hydrogens is 440 g/mol. The first-order valence-corrected chi connectivity index (χ1v) is 11.2. The van der Waals surface area contributed by atoms with E-state index in [-0.39, 0.29) is 22.1 Å². The molecule has 0 atom stereocenters. The highest BCUT2D eigenvalue weighted by Crippen LogP contribution is 2.34. The predicted octanol–water partition coefficient (Wildman–Crippen LogP) is 7.02. The molecule has 35 heavy (non-hydrogen) atoms. The Morgan fingerprint density at radius 3 is 2.40 bits per heavy atom. The lowest BCUT2D eigenvalue weighted by Crippen LogP contribution is -2.01. The highest BCUT2D eigenvalue weighted by Gasteiger charge is 2.14. The molecule has 5 aromatic rings. The molecule has 0 spiro atoms. The van der Waals surface area contributed by atoms with Crippen LogP contribution in [0.15, 0.2) is 88.1 Å². The summed E-state index contributed by atoms with van der Waals surface area (Å²) in [6, 6.07) is 23.4. The van der Waals surface area contributed by atoms with Gasteiger partial charge in [0.05, 0.1) is 0 Å². The van der Waals surface area contributed by atoms with Gasteiger partial charge in [0, 0.05) is 47.3 Å². The van der Waals surface area contributed by atoms with Crippen LogP contribution in [0, 0.1) is 20.8 Å². The number of aromatic nitrogens is 1. The zero-order chi connectivity index (χ0) is 24.5. The summed E-state index contributed by atoms with van der Waals surface area (Å²) < 4.78 is 12.0. The molecule has 2 heterocycles. The quantitative estimate of drug-likeness (QED) is 0.291. The number of rotatable bonds is 5. The smallest absolute Gasteiger partial charge is 0.197 e. The molecular formula is C29H24N2O4. The first-order valence-electron chi connectivity index (χ1n) is 11.2. The van der Waals surface area contributed by atoms with E-state index in [2.05, 4.69) is 36.3 Å². The second kappa shape index (κ2) is 8.99. The molecule has 174 valence electrons. The summed E-state index contributed by atoms with van der Waals surface area (Å²) in [7, 11) is 0. The van der Waals surface area contributed by atoms with Crippen LogP contribution in [0.2, 0.25) is 0 Å². The van der Waals surface area contributed by atoms with Crippen molar-refractivity contribution in [3.63, 3.8) is 0 Å². The maximum absolute atomic E-state index is 12.7. The van der Waals surface area contributed by atoms with Gasteiger partial charge in [-0.05, 0) is 44.0 Å². The van der Waals surface area contributed by atoms with E-state index in [1.807, 2.05) is 43.3 Å². The van der Waals surface area contributed by atoms with Gasteiger partial charge in [0.1, 0.15) is 39.8 Å². The van der Waals surface area contributed by atoms with Crippen molar-refractivity contribution < 1.29 is 14.3 Å². The largest absolute Gasteiger partial charge is 0.507 e. The molecule has 0 unspecified atom stereocenters. The molecule has 2 N–H and O–H groups in total. The van der Waals surface area contributed by atoms with Gasteiger partial charge in [-0.3, -0.25) is 4.79 Å². The second-order valence-corrected chi connectivity index (χ2v) is 8.51. The molecule has 3 aromatic carbocycles. The van der Waals surface area contributed by atoms with Gasteiger partial charge in [-0.1, -0.05) is 36.4 Å². The summed E-state index contributed by atoms with van der Waals surface area (Å²) in [6.45, 7) is 6.01. The van der Waals surface area contributed by atoms with Gasteiger partial charge in [0.15, 0.2) is 5.43 Å². The first kappa shape index (κ1) is 22.2. The summed E-state index contributed by atoms with van der Waals surface area (Å²) in [6.07, 6.45) is 0. The van der Waals surface area contributed by atoms with Gasteiger partial charge >= 0.3 is 0 Å². The van der Waals surface area contributed by atoms with Gasteiger partial charge < -0.3 is 19.6 Å². The molecule has 0 amide bonds. The molecule has 0 aliphatic carbocycles. The van der Waals surface area contributed by atoms with E-state index in [0.717, 1.165) is 16.9 Å². The van der Waals surface area contributed by atoms with Gasteiger partial charge in [-0.2, -0.15) is 0 Å². The Balaban J connectivity index is 1.49. The van der Waals surface area contributed by atoms with Gasteiger partial charge in [0.25, 0.3) is 0 Å². The average molecular weight is 465 g/mol. The number of hydrogen-bond donors (Lipinski definition) is 2. The van der Waals surface area contributed by atoms with E-state index in [4.69, 9.17) is 9.15 Å². The highest BCUT2D eigenvalue weighted by molar-refractivity contribution is 5.86.